The maximum Gasteiger partial charge on any atom is 0.162 e. The van der Waals surface area contributed by atoms with E-state index < -0.39 is 0 Å². The van der Waals surface area contributed by atoms with Gasteiger partial charge in [-0.15, -0.1) is 0 Å². The van der Waals surface area contributed by atoms with Gasteiger partial charge in [-0.1, -0.05) is 27.7 Å². The number of nitrogen functional groups attached to an aromatic ring is 1. The third-order valence-corrected chi connectivity index (χ3v) is 5.25. The van der Waals surface area contributed by atoms with Gasteiger partial charge in [0.15, 0.2) is 5.82 Å². The Morgan fingerprint density at radius 2 is 1.81 bits per heavy atom. The molecule has 118 valence electrons. The Bertz CT molecular complexity index is 517. The van der Waals surface area contributed by atoms with Crippen LogP contribution in [0.15, 0.2) is 4.47 Å². The van der Waals surface area contributed by atoms with Crippen LogP contribution in [-0.2, 0) is 15.8 Å². The highest BCUT2D eigenvalue weighted by Crippen LogP contribution is 2.42. The minimum absolute atomic E-state index is 0.0957. The molecule has 5 heteroatoms. The third kappa shape index (κ3) is 3.24. The molecule has 21 heavy (non-hydrogen) atoms. The fraction of sp³-hybridized carbons (Fsp3) is 0.750. The summed E-state index contributed by atoms with van der Waals surface area (Å²) in [5.74, 6) is 1.98. The van der Waals surface area contributed by atoms with Crippen LogP contribution in [0.25, 0.3) is 0 Å². The molecule has 0 atom stereocenters. The molecule has 0 radical (unpaired) electrons. The first kappa shape index (κ1) is 16.7. The number of aromatic nitrogens is 2. The summed E-state index contributed by atoms with van der Waals surface area (Å²) in [7, 11) is 1.76. The van der Waals surface area contributed by atoms with Crippen molar-refractivity contribution in [3.63, 3.8) is 0 Å². The van der Waals surface area contributed by atoms with E-state index in [2.05, 4.69) is 48.6 Å². The van der Waals surface area contributed by atoms with Gasteiger partial charge < -0.3 is 10.5 Å². The van der Waals surface area contributed by atoms with Gasteiger partial charge in [-0.05, 0) is 47.5 Å². The standard InChI is InChI=1S/C16H26BrN3O/c1-10-6-8-16(21-5,9-7-10)14-19-12(15(2,3)4)11(17)13(18)20-14/h10H,6-9H2,1-5H3,(H2,18,19,20). The Morgan fingerprint density at radius 1 is 1.24 bits per heavy atom. The summed E-state index contributed by atoms with van der Waals surface area (Å²) in [5.41, 5.74) is 6.57. The fourth-order valence-electron chi connectivity index (χ4n) is 2.91. The normalized spacial score (nSPS) is 26.9. The Hall–Kier alpha value is -0.680. The van der Waals surface area contributed by atoms with Gasteiger partial charge in [-0.3, -0.25) is 0 Å². The van der Waals surface area contributed by atoms with Crippen LogP contribution in [0.4, 0.5) is 5.82 Å². The van der Waals surface area contributed by atoms with E-state index in [-0.39, 0.29) is 11.0 Å². The van der Waals surface area contributed by atoms with E-state index in [9.17, 15) is 0 Å². The lowest BCUT2D eigenvalue weighted by Crippen LogP contribution is -2.36. The first-order valence-corrected chi connectivity index (χ1v) is 8.38. The molecule has 0 spiro atoms. The molecule has 0 unspecified atom stereocenters. The number of nitrogens with zero attached hydrogens (tertiary/aromatic N) is 2. The van der Waals surface area contributed by atoms with Crippen molar-refractivity contribution >= 4 is 21.7 Å². The van der Waals surface area contributed by atoms with Gasteiger partial charge in [0, 0.05) is 12.5 Å². The van der Waals surface area contributed by atoms with Gasteiger partial charge in [-0.25, -0.2) is 9.97 Å². The largest absolute Gasteiger partial charge is 0.383 e. The van der Waals surface area contributed by atoms with Crippen LogP contribution in [0.3, 0.4) is 0 Å². The second kappa shape index (κ2) is 5.84. The van der Waals surface area contributed by atoms with Gasteiger partial charge in [0.25, 0.3) is 0 Å². The van der Waals surface area contributed by atoms with Crippen LogP contribution in [0, 0.1) is 5.92 Å². The van der Waals surface area contributed by atoms with Crippen molar-refractivity contribution in [3.8, 4) is 0 Å². The number of hydrogen-bond donors (Lipinski definition) is 1. The van der Waals surface area contributed by atoms with Gasteiger partial charge in [0.2, 0.25) is 0 Å². The molecular weight excluding hydrogens is 330 g/mol. The van der Waals surface area contributed by atoms with E-state index in [1.165, 1.54) is 0 Å². The summed E-state index contributed by atoms with van der Waals surface area (Å²) in [4.78, 5) is 9.37. The number of methoxy groups -OCH3 is 1. The van der Waals surface area contributed by atoms with Crippen molar-refractivity contribution in [2.75, 3.05) is 12.8 Å². The minimum atomic E-state index is -0.388. The zero-order valence-electron chi connectivity index (χ0n) is 13.7. The first-order chi connectivity index (χ1) is 9.69. The van der Waals surface area contributed by atoms with E-state index in [0.717, 1.165) is 47.6 Å². The molecule has 0 amide bonds. The number of hydrogen-bond acceptors (Lipinski definition) is 4. The molecule has 0 bridgehead atoms. The highest BCUT2D eigenvalue weighted by Gasteiger charge is 2.40. The molecule has 0 aromatic carbocycles. The average molecular weight is 356 g/mol. The number of halogens is 1. The Balaban J connectivity index is 2.50. The van der Waals surface area contributed by atoms with E-state index in [4.69, 9.17) is 15.5 Å². The molecule has 1 aliphatic rings. The topological polar surface area (TPSA) is 61.0 Å². The van der Waals surface area contributed by atoms with Crippen molar-refractivity contribution in [3.05, 3.63) is 16.0 Å². The van der Waals surface area contributed by atoms with Crippen LogP contribution in [-0.4, -0.2) is 17.1 Å². The Morgan fingerprint density at radius 3 is 2.29 bits per heavy atom. The second-order valence-corrected chi connectivity index (χ2v) is 8.02. The number of rotatable bonds is 2. The monoisotopic (exact) mass is 355 g/mol. The van der Waals surface area contributed by atoms with Gasteiger partial charge >= 0.3 is 0 Å². The van der Waals surface area contributed by atoms with Crippen LogP contribution in [0.5, 0.6) is 0 Å². The molecular formula is C16H26BrN3O. The molecule has 1 fully saturated rings. The van der Waals surface area contributed by atoms with E-state index in [1.807, 2.05) is 0 Å². The minimum Gasteiger partial charge on any atom is -0.383 e. The summed E-state index contributed by atoms with van der Waals surface area (Å²) in [6, 6.07) is 0. The SMILES string of the molecule is COC1(c2nc(N)c(Br)c(C(C)(C)C)n2)CCC(C)CC1. The molecule has 2 N–H and O–H groups in total. The number of anilines is 1. The molecule has 0 aliphatic heterocycles. The number of ether oxygens (including phenoxy) is 1. The van der Waals surface area contributed by atoms with E-state index in [1.54, 1.807) is 7.11 Å². The zero-order valence-corrected chi connectivity index (χ0v) is 15.2. The van der Waals surface area contributed by atoms with Crippen LogP contribution in [0.2, 0.25) is 0 Å². The predicted octanol–water partition coefficient (Wildman–Crippen LogP) is 4.17. The maximum absolute atomic E-state index is 6.11. The summed E-state index contributed by atoms with van der Waals surface area (Å²) in [6.45, 7) is 8.68. The summed E-state index contributed by atoms with van der Waals surface area (Å²) in [5, 5.41) is 0. The third-order valence-electron chi connectivity index (χ3n) is 4.47. The van der Waals surface area contributed by atoms with Crippen molar-refractivity contribution in [1.29, 1.82) is 0 Å². The molecule has 1 aromatic heterocycles. The number of nitrogens with two attached hydrogens (primary N) is 1. The van der Waals surface area contributed by atoms with Crippen molar-refractivity contribution < 1.29 is 4.74 Å². The zero-order chi connectivity index (χ0) is 15.8. The summed E-state index contributed by atoms with van der Waals surface area (Å²) >= 11 is 3.53. The molecule has 1 saturated carbocycles. The fourth-order valence-corrected chi connectivity index (χ4v) is 3.68. The molecule has 1 aromatic rings. The van der Waals surface area contributed by atoms with E-state index in [0.29, 0.717) is 5.82 Å². The predicted molar refractivity (Wildman–Crippen MR) is 89.2 cm³/mol. The molecule has 1 heterocycles. The smallest absolute Gasteiger partial charge is 0.162 e. The molecule has 4 nitrogen and oxygen atoms in total. The molecule has 0 saturated heterocycles. The highest BCUT2D eigenvalue weighted by atomic mass is 79.9. The lowest BCUT2D eigenvalue weighted by Gasteiger charge is -2.37. The van der Waals surface area contributed by atoms with Crippen molar-refractivity contribution in [2.45, 2.75) is 64.4 Å². The summed E-state index contributed by atoms with van der Waals surface area (Å²) < 4.78 is 6.68. The van der Waals surface area contributed by atoms with Crippen LogP contribution >= 0.6 is 15.9 Å². The van der Waals surface area contributed by atoms with Gasteiger partial charge in [-0.2, -0.15) is 0 Å². The van der Waals surface area contributed by atoms with Crippen LogP contribution < -0.4 is 5.73 Å². The molecule has 2 rings (SSSR count). The second-order valence-electron chi connectivity index (χ2n) is 7.23. The Kier molecular flexibility index (Phi) is 4.64. The van der Waals surface area contributed by atoms with Crippen LogP contribution in [0.1, 0.15) is 64.9 Å². The quantitative estimate of drug-likeness (QED) is 0.864. The summed E-state index contributed by atoms with van der Waals surface area (Å²) in [6.07, 6.45) is 4.18. The lowest BCUT2D eigenvalue weighted by atomic mass is 9.78. The highest BCUT2D eigenvalue weighted by molar-refractivity contribution is 9.10. The van der Waals surface area contributed by atoms with Crippen molar-refractivity contribution in [2.24, 2.45) is 5.92 Å². The molecule has 1 aliphatic carbocycles. The Labute approximate surface area is 136 Å². The maximum atomic E-state index is 6.11. The lowest BCUT2D eigenvalue weighted by molar-refractivity contribution is -0.0598. The average Bonchev–Trinajstić information content (AvgIpc) is 2.42. The van der Waals surface area contributed by atoms with Crippen molar-refractivity contribution in [1.82, 2.24) is 9.97 Å². The van der Waals surface area contributed by atoms with Gasteiger partial charge in [0.05, 0.1) is 10.2 Å². The van der Waals surface area contributed by atoms with Gasteiger partial charge in [0.1, 0.15) is 11.4 Å². The van der Waals surface area contributed by atoms with E-state index >= 15 is 0 Å². The first-order valence-electron chi connectivity index (χ1n) is 7.59.